The molecule has 0 bridgehead atoms. The summed E-state index contributed by atoms with van der Waals surface area (Å²) in [6.45, 7) is 0.646. The third-order valence-corrected chi connectivity index (χ3v) is 5.80. The van der Waals surface area contributed by atoms with Crippen LogP contribution in [-0.4, -0.2) is 22.6 Å². The van der Waals surface area contributed by atoms with Crippen molar-refractivity contribution in [2.24, 2.45) is 5.73 Å². The van der Waals surface area contributed by atoms with Gasteiger partial charge in [0, 0.05) is 36.1 Å². The predicted octanol–water partition coefficient (Wildman–Crippen LogP) is 5.95. The molecule has 3 N–H and O–H groups in total. The molecular weight excluding hydrogens is 404 g/mol. The minimum Gasteiger partial charge on any atom is -0.368 e. The van der Waals surface area contributed by atoms with Crippen LogP contribution in [0.15, 0.2) is 109 Å². The van der Waals surface area contributed by atoms with Crippen molar-refractivity contribution in [3.8, 4) is 22.4 Å². The zero-order valence-electron chi connectivity index (χ0n) is 18.4. The summed E-state index contributed by atoms with van der Waals surface area (Å²) in [6.07, 6.45) is 4.42. The first-order chi connectivity index (χ1) is 16.3. The fourth-order valence-corrected chi connectivity index (χ4v) is 4.10. The van der Waals surface area contributed by atoms with E-state index in [0.29, 0.717) is 6.54 Å². The van der Waals surface area contributed by atoms with Crippen molar-refractivity contribution in [1.29, 1.82) is 0 Å². The van der Waals surface area contributed by atoms with Gasteiger partial charge in [-0.1, -0.05) is 66.7 Å². The smallest absolute Gasteiger partial charge is 0.126 e. The molecule has 0 aliphatic rings. The lowest BCUT2D eigenvalue weighted by atomic mass is 9.97. The summed E-state index contributed by atoms with van der Waals surface area (Å²) < 4.78 is 0. The van der Waals surface area contributed by atoms with Gasteiger partial charge in [-0.2, -0.15) is 0 Å². The minimum atomic E-state index is -0.00117. The molecule has 0 radical (unpaired) electrons. The monoisotopic (exact) mass is 430 g/mol. The molecule has 2 heterocycles. The number of hydrogen-bond donors (Lipinski definition) is 2. The fourth-order valence-electron chi connectivity index (χ4n) is 4.10. The molecule has 0 saturated carbocycles. The number of aromatic nitrogens is 2. The van der Waals surface area contributed by atoms with Crippen LogP contribution < -0.4 is 11.1 Å². The van der Waals surface area contributed by atoms with Gasteiger partial charge >= 0.3 is 0 Å². The second kappa shape index (κ2) is 9.63. The molecule has 162 valence electrons. The molecule has 0 saturated heterocycles. The molecule has 3 aromatic carbocycles. The lowest BCUT2D eigenvalue weighted by Crippen LogP contribution is -2.31. The summed E-state index contributed by atoms with van der Waals surface area (Å²) in [5.41, 5.74) is 11.8. The van der Waals surface area contributed by atoms with Crippen LogP contribution in [0, 0.1) is 0 Å². The van der Waals surface area contributed by atoms with Crippen molar-refractivity contribution in [3.63, 3.8) is 0 Å². The number of benzene rings is 3. The van der Waals surface area contributed by atoms with Crippen LogP contribution in [0.3, 0.4) is 0 Å². The van der Waals surface area contributed by atoms with Gasteiger partial charge in [0.05, 0.1) is 5.69 Å². The van der Waals surface area contributed by atoms with E-state index in [1.807, 2.05) is 36.4 Å². The Balaban J connectivity index is 1.43. The Morgan fingerprint density at radius 2 is 1.48 bits per heavy atom. The number of fused-ring (bicyclic) bond motifs is 1. The average Bonchev–Trinajstić information content (AvgIpc) is 2.88. The number of nitrogens with two attached hydrogens (primary N) is 1. The molecular formula is C29H26N4. The van der Waals surface area contributed by atoms with Crippen LogP contribution >= 0.6 is 0 Å². The number of anilines is 1. The van der Waals surface area contributed by atoms with Crippen molar-refractivity contribution >= 4 is 16.6 Å². The SMILES string of the molecule is N[C@H](CNc1ccc(-c2ccc3ccccc3c2)c(-c2ccncc2)n1)Cc1ccccc1. The second-order valence-electron chi connectivity index (χ2n) is 8.22. The van der Waals surface area contributed by atoms with Crippen LogP contribution in [0.2, 0.25) is 0 Å². The molecule has 0 amide bonds. The van der Waals surface area contributed by atoms with E-state index < -0.39 is 0 Å². The molecule has 4 heteroatoms. The van der Waals surface area contributed by atoms with Crippen LogP contribution in [0.4, 0.5) is 5.82 Å². The largest absolute Gasteiger partial charge is 0.368 e. The van der Waals surface area contributed by atoms with Crippen molar-refractivity contribution in [3.05, 3.63) is 115 Å². The van der Waals surface area contributed by atoms with Crippen molar-refractivity contribution in [2.75, 3.05) is 11.9 Å². The first kappa shape index (κ1) is 20.9. The Kier molecular flexibility index (Phi) is 6.09. The Morgan fingerprint density at radius 1 is 0.727 bits per heavy atom. The Labute approximate surface area is 194 Å². The summed E-state index contributed by atoms with van der Waals surface area (Å²) in [4.78, 5) is 9.16. The molecule has 0 spiro atoms. The maximum Gasteiger partial charge on any atom is 0.126 e. The molecule has 0 aliphatic heterocycles. The topological polar surface area (TPSA) is 63.8 Å². The number of pyridine rings is 2. The van der Waals surface area contributed by atoms with Gasteiger partial charge in [-0.25, -0.2) is 4.98 Å². The number of rotatable bonds is 7. The molecule has 1 atom stereocenters. The van der Waals surface area contributed by atoms with Crippen molar-refractivity contribution in [2.45, 2.75) is 12.5 Å². The van der Waals surface area contributed by atoms with Crippen LogP contribution in [-0.2, 0) is 6.42 Å². The van der Waals surface area contributed by atoms with E-state index in [2.05, 4.69) is 71.0 Å². The summed E-state index contributed by atoms with van der Waals surface area (Å²) >= 11 is 0. The van der Waals surface area contributed by atoms with Gasteiger partial charge in [0.2, 0.25) is 0 Å². The summed E-state index contributed by atoms with van der Waals surface area (Å²) in [6, 6.07) is 33.4. The van der Waals surface area contributed by atoms with Gasteiger partial charge < -0.3 is 11.1 Å². The van der Waals surface area contributed by atoms with Gasteiger partial charge in [-0.3, -0.25) is 4.98 Å². The lowest BCUT2D eigenvalue weighted by Gasteiger charge is -2.16. The number of nitrogens with one attached hydrogen (secondary N) is 1. The van der Waals surface area contributed by atoms with Crippen molar-refractivity contribution < 1.29 is 0 Å². The van der Waals surface area contributed by atoms with Gasteiger partial charge in [-0.15, -0.1) is 0 Å². The maximum absolute atomic E-state index is 6.38. The molecule has 5 aromatic rings. The minimum absolute atomic E-state index is 0.00117. The second-order valence-corrected chi connectivity index (χ2v) is 8.22. The summed E-state index contributed by atoms with van der Waals surface area (Å²) in [5.74, 6) is 0.815. The third-order valence-electron chi connectivity index (χ3n) is 5.80. The van der Waals surface area contributed by atoms with Crippen molar-refractivity contribution in [1.82, 2.24) is 9.97 Å². The highest BCUT2D eigenvalue weighted by molar-refractivity contribution is 5.90. The molecule has 0 fully saturated rings. The Hall–Kier alpha value is -4.02. The predicted molar refractivity (Wildman–Crippen MR) is 137 cm³/mol. The maximum atomic E-state index is 6.38. The van der Waals surface area contributed by atoms with Gasteiger partial charge in [0.25, 0.3) is 0 Å². The Morgan fingerprint density at radius 3 is 2.30 bits per heavy atom. The molecule has 4 nitrogen and oxygen atoms in total. The summed E-state index contributed by atoms with van der Waals surface area (Å²) in [7, 11) is 0. The molecule has 0 aliphatic carbocycles. The van der Waals surface area contributed by atoms with Gasteiger partial charge in [0.1, 0.15) is 5.82 Å². The van der Waals surface area contributed by atoms with E-state index >= 15 is 0 Å². The quantitative estimate of drug-likeness (QED) is 0.335. The highest BCUT2D eigenvalue weighted by Crippen LogP contribution is 2.33. The number of nitrogens with zero attached hydrogens (tertiary/aromatic N) is 2. The highest BCUT2D eigenvalue weighted by Gasteiger charge is 2.12. The highest BCUT2D eigenvalue weighted by atomic mass is 15.0. The van der Waals surface area contributed by atoms with E-state index in [9.17, 15) is 0 Å². The zero-order chi connectivity index (χ0) is 22.5. The van der Waals surface area contributed by atoms with E-state index in [-0.39, 0.29) is 6.04 Å². The average molecular weight is 431 g/mol. The lowest BCUT2D eigenvalue weighted by molar-refractivity contribution is 0.698. The van der Waals surface area contributed by atoms with Gasteiger partial charge in [-0.05, 0) is 58.7 Å². The third kappa shape index (κ3) is 4.92. The van der Waals surface area contributed by atoms with Gasteiger partial charge in [0.15, 0.2) is 0 Å². The summed E-state index contributed by atoms with van der Waals surface area (Å²) in [5, 5.41) is 5.87. The number of hydrogen-bond acceptors (Lipinski definition) is 4. The molecule has 2 aromatic heterocycles. The van der Waals surface area contributed by atoms with Crippen LogP contribution in [0.25, 0.3) is 33.2 Å². The van der Waals surface area contributed by atoms with Crippen LogP contribution in [0.1, 0.15) is 5.56 Å². The van der Waals surface area contributed by atoms with E-state index in [1.165, 1.54) is 16.3 Å². The molecule has 0 unspecified atom stereocenters. The fraction of sp³-hybridized carbons (Fsp3) is 0.103. The standard InChI is InChI=1S/C29H26N4/c30-26(18-21-6-2-1-3-7-21)20-32-28-13-12-27(29(33-28)23-14-16-31-17-15-23)25-11-10-22-8-4-5-9-24(22)19-25/h1-17,19,26H,18,20,30H2,(H,32,33)/t26-/m0/s1. The van der Waals surface area contributed by atoms with E-state index in [1.54, 1.807) is 12.4 Å². The first-order valence-electron chi connectivity index (χ1n) is 11.2. The molecule has 33 heavy (non-hydrogen) atoms. The molecule has 5 rings (SSSR count). The first-order valence-corrected chi connectivity index (χ1v) is 11.2. The Bertz CT molecular complexity index is 1350. The zero-order valence-corrected chi connectivity index (χ0v) is 18.4. The van der Waals surface area contributed by atoms with E-state index in [0.717, 1.165) is 34.6 Å². The normalized spacial score (nSPS) is 11.9. The van der Waals surface area contributed by atoms with Crippen LogP contribution in [0.5, 0.6) is 0 Å². The van der Waals surface area contributed by atoms with E-state index in [4.69, 9.17) is 10.7 Å².